The first-order valence-corrected chi connectivity index (χ1v) is 6.12. The van der Waals surface area contributed by atoms with E-state index in [0.29, 0.717) is 0 Å². The van der Waals surface area contributed by atoms with Gasteiger partial charge in [0.2, 0.25) is 0 Å². The Balaban J connectivity index is 2.18. The van der Waals surface area contributed by atoms with Gasteiger partial charge in [0.15, 0.2) is 4.34 Å². The smallest absolute Gasteiger partial charge is 0.180 e. The van der Waals surface area contributed by atoms with Crippen LogP contribution in [0, 0.1) is 6.92 Å². The molecule has 72 valence electrons. The second-order valence-electron chi connectivity index (χ2n) is 2.37. The van der Waals surface area contributed by atoms with Gasteiger partial charge >= 0.3 is 0 Å². The second kappa shape index (κ2) is 4.33. The summed E-state index contributed by atoms with van der Waals surface area (Å²) in [6, 6.07) is 1.85. The van der Waals surface area contributed by atoms with Gasteiger partial charge in [-0.15, -0.1) is 10.2 Å². The molecule has 0 aliphatic heterocycles. The quantitative estimate of drug-likeness (QED) is 0.795. The third kappa shape index (κ3) is 2.49. The van der Waals surface area contributed by atoms with Crippen molar-refractivity contribution in [1.29, 1.82) is 0 Å². The van der Waals surface area contributed by atoms with Crippen molar-refractivity contribution >= 4 is 39.0 Å². The predicted molar refractivity (Wildman–Crippen MR) is 58.5 cm³/mol. The molecule has 7 heteroatoms. The number of halogens is 1. The van der Waals surface area contributed by atoms with Crippen molar-refractivity contribution in [3.8, 4) is 0 Å². The molecule has 0 atom stereocenters. The normalized spacial score (nSPS) is 10.4. The molecule has 14 heavy (non-hydrogen) atoms. The molecule has 0 unspecified atom stereocenters. The third-order valence-electron chi connectivity index (χ3n) is 1.31. The Kier molecular flexibility index (Phi) is 3.09. The number of hydrogen-bond acceptors (Lipinski definition) is 6. The standard InChI is InChI=1S/C7H5BrN4S2/c1-4-11-12-7(13-4)14-6-2-5(8)9-3-10-6/h2-3H,1H3. The average Bonchev–Trinajstić information content (AvgIpc) is 2.51. The van der Waals surface area contributed by atoms with Crippen LogP contribution in [0.15, 0.2) is 26.4 Å². The zero-order chi connectivity index (χ0) is 9.97. The Morgan fingerprint density at radius 2 is 2.21 bits per heavy atom. The van der Waals surface area contributed by atoms with E-state index in [4.69, 9.17) is 0 Å². The van der Waals surface area contributed by atoms with Crippen LogP contribution >= 0.6 is 39.0 Å². The largest absolute Gasteiger partial charge is 0.230 e. The monoisotopic (exact) mass is 288 g/mol. The first-order chi connectivity index (χ1) is 6.74. The van der Waals surface area contributed by atoms with Gasteiger partial charge in [-0.1, -0.05) is 11.3 Å². The van der Waals surface area contributed by atoms with Gasteiger partial charge in [0, 0.05) is 6.07 Å². The number of hydrogen-bond donors (Lipinski definition) is 0. The second-order valence-corrected chi connectivity index (χ2v) is 5.63. The molecule has 0 saturated heterocycles. The molecular weight excluding hydrogens is 284 g/mol. The van der Waals surface area contributed by atoms with Crippen LogP contribution in [0.25, 0.3) is 0 Å². The highest BCUT2D eigenvalue weighted by Gasteiger charge is 2.04. The molecule has 0 amide bonds. The molecule has 2 aromatic heterocycles. The van der Waals surface area contributed by atoms with E-state index >= 15 is 0 Å². The third-order valence-corrected chi connectivity index (χ3v) is 3.56. The Labute approximate surface area is 97.3 Å². The summed E-state index contributed by atoms with van der Waals surface area (Å²) in [6.45, 7) is 1.93. The van der Waals surface area contributed by atoms with E-state index in [1.807, 2.05) is 13.0 Å². The molecule has 0 fully saturated rings. The van der Waals surface area contributed by atoms with Crippen molar-refractivity contribution in [2.24, 2.45) is 0 Å². The fraction of sp³-hybridized carbons (Fsp3) is 0.143. The summed E-state index contributed by atoms with van der Waals surface area (Å²) in [4.78, 5) is 8.05. The number of aryl methyl sites for hydroxylation is 1. The lowest BCUT2D eigenvalue weighted by atomic mass is 10.7. The van der Waals surface area contributed by atoms with E-state index in [9.17, 15) is 0 Å². The van der Waals surface area contributed by atoms with Crippen molar-refractivity contribution in [3.63, 3.8) is 0 Å². The highest BCUT2D eigenvalue weighted by Crippen LogP contribution is 2.28. The van der Waals surface area contributed by atoms with Crippen LogP contribution < -0.4 is 0 Å². The number of rotatable bonds is 2. The van der Waals surface area contributed by atoms with E-state index in [1.54, 1.807) is 11.3 Å². The van der Waals surface area contributed by atoms with Crippen molar-refractivity contribution in [3.05, 3.63) is 22.0 Å². The van der Waals surface area contributed by atoms with Crippen LogP contribution in [0.3, 0.4) is 0 Å². The fourth-order valence-electron chi connectivity index (χ4n) is 0.782. The van der Waals surface area contributed by atoms with Crippen molar-refractivity contribution in [1.82, 2.24) is 20.2 Å². The predicted octanol–water partition coefficient (Wildman–Crippen LogP) is 2.55. The summed E-state index contributed by atoms with van der Waals surface area (Å²) >= 11 is 6.32. The van der Waals surface area contributed by atoms with Crippen molar-refractivity contribution in [2.75, 3.05) is 0 Å². The first-order valence-electron chi connectivity index (χ1n) is 3.69. The maximum atomic E-state index is 4.10. The van der Waals surface area contributed by atoms with Crippen LogP contribution in [0.2, 0.25) is 0 Å². The Morgan fingerprint density at radius 1 is 1.36 bits per heavy atom. The van der Waals surface area contributed by atoms with E-state index in [0.717, 1.165) is 19.0 Å². The highest BCUT2D eigenvalue weighted by atomic mass is 79.9. The van der Waals surface area contributed by atoms with Crippen molar-refractivity contribution in [2.45, 2.75) is 16.3 Å². The molecule has 0 aliphatic carbocycles. The summed E-state index contributed by atoms with van der Waals surface area (Å²) in [7, 11) is 0. The average molecular weight is 289 g/mol. The fourth-order valence-corrected chi connectivity index (χ4v) is 2.97. The van der Waals surface area contributed by atoms with Crippen LogP contribution in [-0.4, -0.2) is 20.2 Å². The SMILES string of the molecule is Cc1nnc(Sc2cc(Br)ncn2)s1. The molecule has 0 bridgehead atoms. The van der Waals surface area contributed by atoms with Crippen LogP contribution in [0.1, 0.15) is 5.01 Å². The molecule has 0 spiro atoms. The minimum Gasteiger partial charge on any atom is -0.230 e. The molecule has 2 aromatic rings. The lowest BCUT2D eigenvalue weighted by Gasteiger charge is -1.94. The molecule has 0 aliphatic rings. The van der Waals surface area contributed by atoms with E-state index in [1.165, 1.54) is 18.1 Å². The maximum absolute atomic E-state index is 4.10. The van der Waals surface area contributed by atoms with E-state index in [-0.39, 0.29) is 0 Å². The zero-order valence-corrected chi connectivity index (χ0v) is 10.4. The Hall–Kier alpha value is -0.530. The highest BCUT2D eigenvalue weighted by molar-refractivity contribution is 9.10. The zero-order valence-electron chi connectivity index (χ0n) is 7.14. The molecule has 4 nitrogen and oxygen atoms in total. The van der Waals surface area contributed by atoms with Crippen LogP contribution in [-0.2, 0) is 0 Å². The molecule has 0 N–H and O–H groups in total. The summed E-state index contributed by atoms with van der Waals surface area (Å²) < 4.78 is 1.67. The molecule has 2 rings (SSSR count). The number of aromatic nitrogens is 4. The maximum Gasteiger partial charge on any atom is 0.180 e. The summed E-state index contributed by atoms with van der Waals surface area (Å²) in [5.41, 5.74) is 0. The molecular formula is C7H5BrN4S2. The van der Waals surface area contributed by atoms with Gasteiger partial charge < -0.3 is 0 Å². The topological polar surface area (TPSA) is 51.6 Å². The van der Waals surface area contributed by atoms with E-state index in [2.05, 4.69) is 36.1 Å². The van der Waals surface area contributed by atoms with Crippen molar-refractivity contribution < 1.29 is 0 Å². The summed E-state index contributed by atoms with van der Waals surface area (Å²) in [6.07, 6.45) is 1.51. The van der Waals surface area contributed by atoms with E-state index < -0.39 is 0 Å². The molecule has 0 radical (unpaired) electrons. The number of nitrogens with zero attached hydrogens (tertiary/aromatic N) is 4. The van der Waals surface area contributed by atoms with Gasteiger partial charge in [0.25, 0.3) is 0 Å². The lowest BCUT2D eigenvalue weighted by Crippen LogP contribution is -1.82. The van der Waals surface area contributed by atoms with Gasteiger partial charge in [0.1, 0.15) is 21.0 Å². The molecule has 0 aromatic carbocycles. The first kappa shape index (κ1) is 10.0. The summed E-state index contributed by atoms with van der Waals surface area (Å²) in [5.74, 6) is 0. The van der Waals surface area contributed by atoms with Gasteiger partial charge in [-0.2, -0.15) is 0 Å². The minimum absolute atomic E-state index is 0.774. The summed E-state index contributed by atoms with van der Waals surface area (Å²) in [5, 5.41) is 9.75. The van der Waals surface area contributed by atoms with Gasteiger partial charge in [0.05, 0.1) is 0 Å². The van der Waals surface area contributed by atoms with Gasteiger partial charge in [-0.25, -0.2) is 9.97 Å². The Bertz CT molecular complexity index is 445. The van der Waals surface area contributed by atoms with Gasteiger partial charge in [-0.05, 0) is 34.6 Å². The Morgan fingerprint density at radius 3 is 2.86 bits per heavy atom. The van der Waals surface area contributed by atoms with Crippen LogP contribution in [0.5, 0.6) is 0 Å². The minimum atomic E-state index is 0.774. The lowest BCUT2D eigenvalue weighted by molar-refractivity contribution is 0.975. The van der Waals surface area contributed by atoms with Gasteiger partial charge in [-0.3, -0.25) is 0 Å². The molecule has 0 saturated carbocycles. The van der Waals surface area contributed by atoms with Crippen LogP contribution in [0.4, 0.5) is 0 Å². The molecule has 2 heterocycles.